The molecule has 1 amide bonds. The third-order valence-corrected chi connectivity index (χ3v) is 6.79. The number of aliphatic hydroxyl groups excluding tert-OH is 1. The molecule has 0 aliphatic carbocycles. The number of carbonyl (C=O) groups is 1. The predicted octanol–water partition coefficient (Wildman–Crippen LogP) is 4.25. The number of rotatable bonds is 5. The van der Waals surface area contributed by atoms with Crippen LogP contribution >= 0.6 is 11.9 Å². The van der Waals surface area contributed by atoms with Gasteiger partial charge in [-0.05, 0) is 49.1 Å². The SMILES string of the molecule is CC.Cc1c(SN2CC[C@H](O)C(F)C2)cc(C(=O)NCc2cccc3ncccc23)n1C. The lowest BCUT2D eigenvalue weighted by molar-refractivity contribution is 0.0328. The van der Waals surface area contributed by atoms with E-state index in [4.69, 9.17) is 0 Å². The molecule has 0 bridgehead atoms. The normalized spacial score (nSPS) is 18.8. The topological polar surface area (TPSA) is 70.4 Å². The van der Waals surface area contributed by atoms with E-state index in [0.29, 0.717) is 25.2 Å². The lowest BCUT2D eigenvalue weighted by Crippen LogP contribution is -2.41. The van der Waals surface area contributed by atoms with Crippen LogP contribution in [0, 0.1) is 6.92 Å². The summed E-state index contributed by atoms with van der Waals surface area (Å²) in [6.45, 7) is 7.14. The minimum Gasteiger partial charge on any atom is -0.390 e. The Bertz CT molecular complexity index is 1070. The summed E-state index contributed by atoms with van der Waals surface area (Å²) in [5, 5.41) is 13.6. The molecule has 1 saturated heterocycles. The maximum absolute atomic E-state index is 13.8. The van der Waals surface area contributed by atoms with Crippen molar-refractivity contribution < 1.29 is 14.3 Å². The van der Waals surface area contributed by atoms with Crippen LogP contribution in [0.4, 0.5) is 4.39 Å². The van der Waals surface area contributed by atoms with Gasteiger partial charge < -0.3 is 15.0 Å². The molecule has 1 fully saturated rings. The Morgan fingerprint density at radius 2 is 2.09 bits per heavy atom. The van der Waals surface area contributed by atoms with E-state index in [2.05, 4.69) is 10.3 Å². The smallest absolute Gasteiger partial charge is 0.268 e. The van der Waals surface area contributed by atoms with Crippen molar-refractivity contribution in [2.24, 2.45) is 7.05 Å². The molecular formula is C24H31FN4O2S. The molecule has 3 heterocycles. The monoisotopic (exact) mass is 458 g/mol. The molecule has 1 aromatic carbocycles. The van der Waals surface area contributed by atoms with Crippen molar-refractivity contribution in [1.82, 2.24) is 19.2 Å². The third kappa shape index (κ3) is 5.31. The molecule has 6 nitrogen and oxygen atoms in total. The predicted molar refractivity (Wildman–Crippen MR) is 127 cm³/mol. The van der Waals surface area contributed by atoms with Crippen LogP contribution in [0.1, 0.15) is 42.0 Å². The highest BCUT2D eigenvalue weighted by Gasteiger charge is 2.29. The van der Waals surface area contributed by atoms with E-state index >= 15 is 0 Å². The van der Waals surface area contributed by atoms with Crippen LogP contribution in [0.25, 0.3) is 10.9 Å². The molecule has 172 valence electrons. The largest absolute Gasteiger partial charge is 0.390 e. The van der Waals surface area contributed by atoms with Gasteiger partial charge >= 0.3 is 0 Å². The highest BCUT2D eigenvalue weighted by molar-refractivity contribution is 7.97. The van der Waals surface area contributed by atoms with Crippen LogP contribution < -0.4 is 5.32 Å². The number of nitrogens with one attached hydrogen (secondary N) is 1. The van der Waals surface area contributed by atoms with E-state index in [-0.39, 0.29) is 12.5 Å². The molecule has 2 aromatic heterocycles. The lowest BCUT2D eigenvalue weighted by atomic mass is 10.1. The molecule has 32 heavy (non-hydrogen) atoms. The van der Waals surface area contributed by atoms with Gasteiger partial charge in [0.2, 0.25) is 0 Å². The standard InChI is InChI=1S/C22H25FN4O2S.C2H6/c1-14-21(30-27-10-8-20(28)17(23)13-27)11-19(26(14)2)22(29)25-12-15-5-3-7-18-16(15)6-4-9-24-18;1-2/h3-7,9,11,17,20,28H,8,10,12-13H2,1-2H3,(H,25,29);1-2H3/t17?,20-;/m0./s1. The molecule has 3 aromatic rings. The summed E-state index contributed by atoms with van der Waals surface area (Å²) < 4.78 is 17.6. The minimum atomic E-state index is -1.24. The van der Waals surface area contributed by atoms with Gasteiger partial charge in [-0.3, -0.25) is 9.78 Å². The number of benzene rings is 1. The van der Waals surface area contributed by atoms with E-state index in [1.807, 2.05) is 73.1 Å². The molecule has 1 aliphatic heterocycles. The van der Waals surface area contributed by atoms with Gasteiger partial charge in [0.25, 0.3) is 5.91 Å². The first-order valence-corrected chi connectivity index (χ1v) is 11.7. The van der Waals surface area contributed by atoms with Gasteiger partial charge in [0, 0.05) is 48.9 Å². The van der Waals surface area contributed by atoms with Crippen molar-refractivity contribution in [3.05, 3.63) is 59.5 Å². The maximum Gasteiger partial charge on any atom is 0.268 e. The average molecular weight is 459 g/mol. The summed E-state index contributed by atoms with van der Waals surface area (Å²) in [7, 11) is 1.86. The van der Waals surface area contributed by atoms with Gasteiger partial charge in [-0.25, -0.2) is 8.70 Å². The van der Waals surface area contributed by atoms with Crippen molar-refractivity contribution in [2.75, 3.05) is 13.1 Å². The highest BCUT2D eigenvalue weighted by atomic mass is 32.2. The number of piperidine rings is 1. The second kappa shape index (κ2) is 10.9. The van der Waals surface area contributed by atoms with E-state index in [0.717, 1.165) is 27.1 Å². The number of aromatic nitrogens is 2. The Morgan fingerprint density at radius 1 is 1.31 bits per heavy atom. The summed E-state index contributed by atoms with van der Waals surface area (Å²) in [5.41, 5.74) is 3.41. The van der Waals surface area contributed by atoms with Gasteiger partial charge in [0.15, 0.2) is 0 Å². The molecule has 2 atom stereocenters. The van der Waals surface area contributed by atoms with E-state index in [1.165, 1.54) is 11.9 Å². The highest BCUT2D eigenvalue weighted by Crippen LogP contribution is 2.31. The zero-order valence-corrected chi connectivity index (χ0v) is 19.8. The maximum atomic E-state index is 13.8. The Balaban J connectivity index is 0.00000141. The number of hydrogen-bond donors (Lipinski definition) is 2. The van der Waals surface area contributed by atoms with Gasteiger partial charge in [-0.1, -0.05) is 32.0 Å². The number of nitrogens with zero attached hydrogens (tertiary/aromatic N) is 3. The number of fused-ring (bicyclic) bond motifs is 1. The summed E-state index contributed by atoms with van der Waals surface area (Å²) in [4.78, 5) is 18.1. The fraction of sp³-hybridized carbons (Fsp3) is 0.417. The summed E-state index contributed by atoms with van der Waals surface area (Å²) in [6.07, 6.45) is 0.0375. The molecule has 0 radical (unpaired) electrons. The molecule has 8 heteroatoms. The fourth-order valence-electron chi connectivity index (χ4n) is 3.66. The molecular weight excluding hydrogens is 427 g/mol. The average Bonchev–Trinajstić information content (AvgIpc) is 3.09. The van der Waals surface area contributed by atoms with E-state index < -0.39 is 12.3 Å². The summed E-state index contributed by atoms with van der Waals surface area (Å²) in [6, 6.07) is 11.6. The second-order valence-corrected chi connectivity index (χ2v) is 8.70. The zero-order valence-electron chi connectivity index (χ0n) is 19.0. The summed E-state index contributed by atoms with van der Waals surface area (Å²) in [5.74, 6) is -0.161. The van der Waals surface area contributed by atoms with Crippen molar-refractivity contribution in [2.45, 2.75) is 50.9 Å². The first kappa shape index (κ1) is 24.2. The number of carbonyl (C=O) groups excluding carboxylic acids is 1. The molecule has 1 aliphatic rings. The van der Waals surface area contributed by atoms with Crippen molar-refractivity contribution in [3.63, 3.8) is 0 Å². The van der Waals surface area contributed by atoms with Crippen molar-refractivity contribution in [3.8, 4) is 0 Å². The van der Waals surface area contributed by atoms with Crippen molar-refractivity contribution >= 4 is 28.8 Å². The zero-order chi connectivity index (χ0) is 23.3. The quantitative estimate of drug-likeness (QED) is 0.560. The van der Waals surface area contributed by atoms with Gasteiger partial charge in [-0.15, -0.1) is 0 Å². The number of hydrogen-bond acceptors (Lipinski definition) is 5. The lowest BCUT2D eigenvalue weighted by Gasteiger charge is -2.30. The van der Waals surface area contributed by atoms with Crippen LogP contribution in [0.15, 0.2) is 47.5 Å². The van der Waals surface area contributed by atoms with Gasteiger partial charge in [0.1, 0.15) is 11.9 Å². The van der Waals surface area contributed by atoms with Crippen LogP contribution in [-0.2, 0) is 13.6 Å². The Morgan fingerprint density at radius 3 is 2.84 bits per heavy atom. The molecule has 0 saturated carbocycles. The molecule has 4 rings (SSSR count). The molecule has 0 spiro atoms. The third-order valence-electron chi connectivity index (χ3n) is 5.59. The van der Waals surface area contributed by atoms with Crippen molar-refractivity contribution in [1.29, 1.82) is 0 Å². The van der Waals surface area contributed by atoms with E-state index in [1.54, 1.807) is 6.20 Å². The Kier molecular flexibility index (Phi) is 8.28. The summed E-state index contributed by atoms with van der Waals surface area (Å²) >= 11 is 1.44. The number of alkyl halides is 1. The van der Waals surface area contributed by atoms with Crippen LogP contribution in [-0.4, -0.2) is 50.2 Å². The minimum absolute atomic E-state index is 0.161. The van der Waals surface area contributed by atoms with E-state index in [9.17, 15) is 14.3 Å². The molecule has 2 N–H and O–H groups in total. The number of halogens is 1. The van der Waals surface area contributed by atoms with Crippen LogP contribution in [0.2, 0.25) is 0 Å². The van der Waals surface area contributed by atoms with Crippen LogP contribution in [0.5, 0.6) is 0 Å². The second-order valence-electron chi connectivity index (χ2n) is 7.56. The Hall–Kier alpha value is -2.42. The molecule has 1 unspecified atom stereocenters. The number of pyridine rings is 1. The fourth-order valence-corrected chi connectivity index (χ4v) is 4.78. The first-order chi connectivity index (χ1) is 15.4. The van der Waals surface area contributed by atoms with Crippen LogP contribution in [0.3, 0.4) is 0 Å². The van der Waals surface area contributed by atoms with Gasteiger partial charge in [-0.2, -0.15) is 0 Å². The Labute approximate surface area is 193 Å². The number of amides is 1. The van der Waals surface area contributed by atoms with Gasteiger partial charge in [0.05, 0.1) is 11.6 Å². The first-order valence-electron chi connectivity index (χ1n) is 11.0. The number of aliphatic hydroxyl groups is 1.